The molecular formula is C17H16N6S2. The zero-order valence-corrected chi connectivity index (χ0v) is 15.2. The molecule has 0 bridgehead atoms. The lowest BCUT2D eigenvalue weighted by molar-refractivity contribution is 0.657. The second-order valence-electron chi connectivity index (χ2n) is 5.97. The summed E-state index contributed by atoms with van der Waals surface area (Å²) in [5.74, 6) is 0.891. The molecule has 3 N–H and O–H groups in total. The number of thioether (sulfide) groups is 1. The van der Waals surface area contributed by atoms with Crippen molar-refractivity contribution in [1.82, 2.24) is 25.5 Å². The molecule has 4 heterocycles. The molecule has 0 atom stereocenters. The van der Waals surface area contributed by atoms with Gasteiger partial charge in [0, 0.05) is 21.7 Å². The Balaban J connectivity index is 1.66. The Morgan fingerprint density at radius 3 is 3.16 bits per heavy atom. The number of anilines is 2. The van der Waals surface area contributed by atoms with Gasteiger partial charge >= 0.3 is 0 Å². The van der Waals surface area contributed by atoms with Crippen molar-refractivity contribution in [3.8, 4) is 0 Å². The third kappa shape index (κ3) is 2.48. The Bertz CT molecular complexity index is 1080. The first-order valence-corrected chi connectivity index (χ1v) is 10.1. The summed E-state index contributed by atoms with van der Waals surface area (Å²) in [7, 11) is 0. The van der Waals surface area contributed by atoms with Gasteiger partial charge in [0.25, 0.3) is 0 Å². The van der Waals surface area contributed by atoms with Crippen molar-refractivity contribution < 1.29 is 0 Å². The van der Waals surface area contributed by atoms with Crippen LogP contribution < -0.4 is 10.6 Å². The molecule has 4 aromatic rings. The van der Waals surface area contributed by atoms with Gasteiger partial charge in [-0.2, -0.15) is 5.10 Å². The van der Waals surface area contributed by atoms with Gasteiger partial charge in [-0.1, -0.05) is 0 Å². The standard InChI is InChI=1S/C17H16N6S2/c1-24-13-5-11-9(6-21-23-11)4-12(13)22-16-15-10-2-3-18-7-14(10)25-17(15)20-8-19-16/h4-6,8,18H,2-3,7H2,1H3,(H,21,23)(H,19,20,22). The van der Waals surface area contributed by atoms with E-state index in [1.807, 2.05) is 6.20 Å². The maximum atomic E-state index is 4.56. The van der Waals surface area contributed by atoms with Crippen LogP contribution >= 0.6 is 23.1 Å². The summed E-state index contributed by atoms with van der Waals surface area (Å²) in [5, 5.41) is 16.4. The van der Waals surface area contributed by atoms with Gasteiger partial charge in [0.05, 0.1) is 22.8 Å². The van der Waals surface area contributed by atoms with Crippen LogP contribution in [0, 0.1) is 0 Å². The Kier molecular flexibility index (Phi) is 3.61. The van der Waals surface area contributed by atoms with Gasteiger partial charge in [-0.05, 0) is 36.9 Å². The molecule has 1 aliphatic rings. The lowest BCUT2D eigenvalue weighted by Gasteiger charge is -2.15. The average molecular weight is 368 g/mol. The molecule has 1 aliphatic heterocycles. The number of hydrogen-bond donors (Lipinski definition) is 3. The highest BCUT2D eigenvalue weighted by atomic mass is 32.2. The molecule has 0 spiro atoms. The van der Waals surface area contributed by atoms with E-state index in [-0.39, 0.29) is 0 Å². The largest absolute Gasteiger partial charge is 0.339 e. The topological polar surface area (TPSA) is 78.5 Å². The molecule has 5 rings (SSSR count). The predicted octanol–water partition coefficient (Wildman–Crippen LogP) is 3.68. The molecule has 8 heteroatoms. The van der Waals surface area contributed by atoms with Crippen LogP contribution in [0.4, 0.5) is 11.5 Å². The lowest BCUT2D eigenvalue weighted by atomic mass is 10.1. The third-order valence-electron chi connectivity index (χ3n) is 4.52. The first-order valence-electron chi connectivity index (χ1n) is 8.07. The highest BCUT2D eigenvalue weighted by Crippen LogP contribution is 2.38. The maximum Gasteiger partial charge on any atom is 0.142 e. The number of benzene rings is 1. The van der Waals surface area contributed by atoms with Crippen LogP contribution in [-0.2, 0) is 13.0 Å². The smallest absolute Gasteiger partial charge is 0.142 e. The van der Waals surface area contributed by atoms with Crippen molar-refractivity contribution >= 4 is 55.7 Å². The Hall–Kier alpha value is -2.16. The second kappa shape index (κ2) is 5.98. The minimum absolute atomic E-state index is 0.891. The fraction of sp³-hybridized carbons (Fsp3) is 0.235. The molecule has 126 valence electrons. The predicted molar refractivity (Wildman–Crippen MR) is 104 cm³/mol. The number of H-pyrrole nitrogens is 1. The average Bonchev–Trinajstić information content (AvgIpc) is 3.24. The maximum absolute atomic E-state index is 4.56. The van der Waals surface area contributed by atoms with Crippen LogP contribution in [0.25, 0.3) is 21.1 Å². The minimum Gasteiger partial charge on any atom is -0.339 e. The number of hydrogen-bond acceptors (Lipinski definition) is 7. The normalized spacial score (nSPS) is 14.1. The fourth-order valence-corrected chi connectivity index (χ4v) is 5.04. The SMILES string of the molecule is CSc1cc2[nH]ncc2cc1Nc1ncnc2sc3c(c12)CCNC3. The van der Waals surface area contributed by atoms with Gasteiger partial charge in [-0.3, -0.25) is 5.10 Å². The van der Waals surface area contributed by atoms with Crippen LogP contribution in [0.15, 0.2) is 29.6 Å². The molecule has 0 radical (unpaired) electrons. The quantitative estimate of drug-likeness (QED) is 0.479. The van der Waals surface area contributed by atoms with Gasteiger partial charge in [-0.15, -0.1) is 23.1 Å². The van der Waals surface area contributed by atoms with Crippen LogP contribution in [0.1, 0.15) is 10.4 Å². The zero-order chi connectivity index (χ0) is 16.8. The summed E-state index contributed by atoms with van der Waals surface area (Å²) in [6.45, 7) is 1.93. The van der Waals surface area contributed by atoms with Gasteiger partial charge in [0.15, 0.2) is 0 Å². The number of fused-ring (bicyclic) bond motifs is 4. The number of aromatic amines is 1. The molecule has 6 nitrogen and oxygen atoms in total. The van der Waals surface area contributed by atoms with E-state index < -0.39 is 0 Å². The zero-order valence-electron chi connectivity index (χ0n) is 13.6. The van der Waals surface area contributed by atoms with Crippen molar-refractivity contribution in [2.45, 2.75) is 17.9 Å². The van der Waals surface area contributed by atoms with E-state index in [1.165, 1.54) is 15.8 Å². The van der Waals surface area contributed by atoms with E-state index in [2.05, 4.69) is 49.2 Å². The van der Waals surface area contributed by atoms with Crippen LogP contribution in [0.3, 0.4) is 0 Å². The fourth-order valence-electron chi connectivity index (χ4n) is 3.32. The van der Waals surface area contributed by atoms with Crippen molar-refractivity contribution in [1.29, 1.82) is 0 Å². The van der Waals surface area contributed by atoms with Crippen LogP contribution in [0.5, 0.6) is 0 Å². The molecular weight excluding hydrogens is 352 g/mol. The molecule has 0 fully saturated rings. The summed E-state index contributed by atoms with van der Waals surface area (Å²) in [6.07, 6.45) is 6.59. The number of nitrogens with one attached hydrogen (secondary N) is 3. The molecule has 0 saturated heterocycles. The van der Waals surface area contributed by atoms with Crippen molar-refractivity contribution in [3.63, 3.8) is 0 Å². The van der Waals surface area contributed by atoms with E-state index in [0.717, 1.165) is 51.6 Å². The molecule has 0 amide bonds. The van der Waals surface area contributed by atoms with Gasteiger partial charge in [0.2, 0.25) is 0 Å². The molecule has 3 aromatic heterocycles. The molecule has 1 aromatic carbocycles. The van der Waals surface area contributed by atoms with Gasteiger partial charge in [0.1, 0.15) is 17.0 Å². The number of rotatable bonds is 3. The monoisotopic (exact) mass is 368 g/mol. The van der Waals surface area contributed by atoms with Crippen LogP contribution in [0.2, 0.25) is 0 Å². The molecule has 0 unspecified atom stereocenters. The summed E-state index contributed by atoms with van der Waals surface area (Å²) in [5.41, 5.74) is 3.48. The minimum atomic E-state index is 0.891. The summed E-state index contributed by atoms with van der Waals surface area (Å²) < 4.78 is 0. The van der Waals surface area contributed by atoms with Crippen molar-refractivity contribution in [3.05, 3.63) is 35.1 Å². The first kappa shape index (κ1) is 15.1. The number of aromatic nitrogens is 4. The molecule has 25 heavy (non-hydrogen) atoms. The van der Waals surface area contributed by atoms with E-state index in [4.69, 9.17) is 0 Å². The molecule has 0 aliphatic carbocycles. The Morgan fingerprint density at radius 2 is 2.24 bits per heavy atom. The van der Waals surface area contributed by atoms with E-state index in [0.29, 0.717) is 0 Å². The highest BCUT2D eigenvalue weighted by molar-refractivity contribution is 7.98. The number of nitrogens with zero attached hydrogens (tertiary/aromatic N) is 3. The third-order valence-corrected chi connectivity index (χ3v) is 6.44. The van der Waals surface area contributed by atoms with Crippen LogP contribution in [-0.4, -0.2) is 33.0 Å². The van der Waals surface area contributed by atoms with Crippen molar-refractivity contribution in [2.24, 2.45) is 0 Å². The lowest BCUT2D eigenvalue weighted by Crippen LogP contribution is -2.22. The van der Waals surface area contributed by atoms with Gasteiger partial charge < -0.3 is 10.6 Å². The van der Waals surface area contributed by atoms with Crippen molar-refractivity contribution in [2.75, 3.05) is 18.1 Å². The number of thiophene rings is 1. The second-order valence-corrected chi connectivity index (χ2v) is 7.90. The first-order chi connectivity index (χ1) is 12.3. The van der Waals surface area contributed by atoms with Gasteiger partial charge in [-0.25, -0.2) is 9.97 Å². The Morgan fingerprint density at radius 1 is 1.28 bits per heavy atom. The molecule has 0 saturated carbocycles. The highest BCUT2D eigenvalue weighted by Gasteiger charge is 2.20. The summed E-state index contributed by atoms with van der Waals surface area (Å²) in [4.78, 5) is 12.6. The van der Waals surface area contributed by atoms with E-state index >= 15 is 0 Å². The summed E-state index contributed by atoms with van der Waals surface area (Å²) in [6, 6.07) is 4.25. The Labute approximate surface area is 152 Å². The van der Waals surface area contributed by atoms with E-state index in [1.54, 1.807) is 29.4 Å². The summed E-state index contributed by atoms with van der Waals surface area (Å²) >= 11 is 3.47. The van der Waals surface area contributed by atoms with E-state index in [9.17, 15) is 0 Å².